The van der Waals surface area contributed by atoms with E-state index in [1.807, 2.05) is 14.4 Å². The van der Waals surface area contributed by atoms with Crippen molar-refractivity contribution in [3.63, 3.8) is 0 Å². The fraction of sp³-hybridized carbons (Fsp3) is 0.559. The van der Waals surface area contributed by atoms with Crippen molar-refractivity contribution in [2.45, 2.75) is 244 Å². The average molecular weight is 1000 g/mol. The van der Waals surface area contributed by atoms with E-state index in [-0.39, 0.29) is 0 Å². The van der Waals surface area contributed by atoms with E-state index in [9.17, 15) is 5.53 Å². The van der Waals surface area contributed by atoms with E-state index >= 15 is 0 Å². The van der Waals surface area contributed by atoms with Gasteiger partial charge in [0.25, 0.3) is 0 Å². The molecule has 0 amide bonds. The number of allylic oxidation sites excluding steroid dienone is 2. The molecule has 71 heavy (non-hydrogen) atoms. The first-order chi connectivity index (χ1) is 35.1. The topological polar surface area (TPSA) is 36.4 Å². The van der Waals surface area contributed by atoms with Crippen molar-refractivity contribution in [1.29, 1.82) is 0 Å². The molecule has 0 aliphatic heterocycles. The van der Waals surface area contributed by atoms with E-state index in [0.717, 1.165) is 56.1 Å². The van der Waals surface area contributed by atoms with Crippen LogP contribution in [0, 0.1) is 11.8 Å². The first-order valence-corrected chi connectivity index (χ1v) is 30.4. The average Bonchev–Trinajstić information content (AvgIpc) is 3.41. The zero-order chi connectivity index (χ0) is 50.5. The van der Waals surface area contributed by atoms with Gasteiger partial charge >= 0.3 is 116 Å². The van der Waals surface area contributed by atoms with Gasteiger partial charge in [-0.2, -0.15) is 0 Å². The molecule has 4 aromatic carbocycles. The Bertz CT molecular complexity index is 2050. The molecule has 0 aliphatic carbocycles. The Hall–Kier alpha value is -4.17. The molecule has 0 heterocycles. The van der Waals surface area contributed by atoms with Crippen LogP contribution in [0.3, 0.4) is 0 Å². The zero-order valence-corrected chi connectivity index (χ0v) is 46.6. The first kappa shape index (κ1) is 61.1. The Morgan fingerprint density at radius 2 is 0.859 bits per heavy atom. The predicted octanol–water partition coefficient (Wildman–Crippen LogP) is 20.8. The number of benzene rings is 4. The number of unbranched alkanes of at least 4 members (excludes halogenated alkanes) is 24. The number of hydrogen-bond acceptors (Lipinski definition) is 0. The van der Waals surface area contributed by atoms with E-state index in [0.29, 0.717) is 0 Å². The van der Waals surface area contributed by atoms with Crippen LogP contribution in [0.1, 0.15) is 241 Å². The van der Waals surface area contributed by atoms with Crippen LogP contribution in [0.5, 0.6) is 0 Å². The maximum absolute atomic E-state index is 9.75. The van der Waals surface area contributed by atoms with Gasteiger partial charge in [0.2, 0.25) is 0 Å². The summed E-state index contributed by atoms with van der Waals surface area (Å²) in [5.41, 5.74) is 20.8. The first-order valence-electron chi connectivity index (χ1n) is 29.0. The van der Waals surface area contributed by atoms with Crippen molar-refractivity contribution >= 4 is 11.4 Å². The van der Waals surface area contributed by atoms with Gasteiger partial charge in [-0.25, -0.2) is 0 Å². The Kier molecular flexibility index (Phi) is 37.4. The summed E-state index contributed by atoms with van der Waals surface area (Å²) >= 11 is 1.86. The summed E-state index contributed by atoms with van der Waals surface area (Å²) < 4.78 is 0. The summed E-state index contributed by atoms with van der Waals surface area (Å²) in [6.45, 7) is 9.00. The molecule has 4 aromatic rings. The van der Waals surface area contributed by atoms with Crippen LogP contribution >= 0.6 is 0 Å². The summed E-state index contributed by atoms with van der Waals surface area (Å²) in [6, 6.07) is 39.4. The SMILES string of the molecule is CCCCCCCCCCCCCCCCCCCCCCCCC#CC(=C=[N+]=[N-])C(CCCC)=C(c1cccc(CC)c1)c1cccc(CCCC)c1.c1ccc(C[CH2][Ni][CH2]Cc2ccccc2)cc1. The molecule has 0 bridgehead atoms. The molecular weight excluding hydrogens is 903 g/mol. The standard InChI is InChI=1S/C52H80N2.2C8H9.Ni/c1-5-9-12-13-14-15-16-17-18-19-20-21-22-23-24-25-26-27-28-29-30-31-32-33-39-50(45-54-53)51(42-11-7-3)52(48-40-34-37-46(8-4)43-48)49-41-35-38-47(44-49)36-10-6-2;2*1-2-8-6-4-3-5-7-8;/h34-35,37-38,40-41,43-44H,5-32,36,42H2,1-4H3;2*3-7H,1-2H2;. The van der Waals surface area contributed by atoms with Crippen molar-refractivity contribution in [2.24, 2.45) is 0 Å². The van der Waals surface area contributed by atoms with Crippen LogP contribution in [0.2, 0.25) is 10.8 Å². The van der Waals surface area contributed by atoms with Gasteiger partial charge in [-0.15, -0.1) is 4.79 Å². The fourth-order valence-electron chi connectivity index (χ4n) is 9.31. The molecule has 4 rings (SSSR count). The molecule has 0 fully saturated rings. The number of aryl methyl sites for hydroxylation is 4. The Morgan fingerprint density at radius 1 is 0.437 bits per heavy atom. The third kappa shape index (κ3) is 29.8. The van der Waals surface area contributed by atoms with E-state index < -0.39 is 0 Å². The number of rotatable bonds is 38. The minimum absolute atomic E-state index is 0.723. The van der Waals surface area contributed by atoms with Gasteiger partial charge in [-0.3, -0.25) is 0 Å². The summed E-state index contributed by atoms with van der Waals surface area (Å²) in [4.78, 5) is 3.41. The van der Waals surface area contributed by atoms with Crippen LogP contribution < -0.4 is 0 Å². The summed E-state index contributed by atoms with van der Waals surface area (Å²) in [7, 11) is 0. The molecule has 390 valence electrons. The third-order valence-corrected chi connectivity index (χ3v) is 14.9. The van der Waals surface area contributed by atoms with Gasteiger partial charge < -0.3 is 5.53 Å². The quantitative estimate of drug-likeness (QED) is 0.00816. The van der Waals surface area contributed by atoms with Gasteiger partial charge in [0, 0.05) is 6.42 Å². The summed E-state index contributed by atoms with van der Waals surface area (Å²) in [5.74, 6) is 9.81. The second-order valence-corrected chi connectivity index (χ2v) is 21.3. The molecular formula is C68H98N2Ni. The summed E-state index contributed by atoms with van der Waals surface area (Å²) in [5, 5.41) is 2.48. The van der Waals surface area contributed by atoms with Crippen LogP contribution in [0.4, 0.5) is 0 Å². The zero-order valence-electron chi connectivity index (χ0n) is 45.6. The van der Waals surface area contributed by atoms with Crippen molar-refractivity contribution in [3.05, 3.63) is 159 Å². The third-order valence-electron chi connectivity index (χ3n) is 13.7. The fourth-order valence-corrected chi connectivity index (χ4v) is 10.5. The number of nitrogens with zero attached hydrogens (tertiary/aromatic N) is 2. The molecule has 0 atom stereocenters. The van der Waals surface area contributed by atoms with Crippen LogP contribution in [-0.2, 0) is 40.1 Å². The van der Waals surface area contributed by atoms with Gasteiger partial charge in [-0.1, -0.05) is 236 Å². The minimum atomic E-state index is 0.723. The van der Waals surface area contributed by atoms with Gasteiger partial charge in [0.1, 0.15) is 0 Å². The van der Waals surface area contributed by atoms with Gasteiger partial charge in [-0.05, 0) is 71.9 Å². The second kappa shape index (κ2) is 43.4. The Morgan fingerprint density at radius 3 is 1.31 bits per heavy atom. The molecule has 0 aliphatic rings. The maximum atomic E-state index is 9.75. The van der Waals surface area contributed by atoms with Crippen molar-refractivity contribution < 1.29 is 19.2 Å². The molecule has 0 spiro atoms. The van der Waals surface area contributed by atoms with E-state index in [2.05, 4.69) is 159 Å². The molecule has 0 saturated carbocycles. The van der Waals surface area contributed by atoms with Crippen molar-refractivity contribution in [1.82, 2.24) is 0 Å². The molecule has 0 unspecified atom stereocenters. The van der Waals surface area contributed by atoms with Crippen LogP contribution in [0.25, 0.3) is 11.1 Å². The van der Waals surface area contributed by atoms with Crippen molar-refractivity contribution in [2.75, 3.05) is 0 Å². The normalized spacial score (nSPS) is 11.2. The van der Waals surface area contributed by atoms with Gasteiger partial charge in [0.05, 0.1) is 0 Å². The molecule has 2 nitrogen and oxygen atoms in total. The molecule has 0 saturated heterocycles. The second-order valence-electron chi connectivity index (χ2n) is 19.8. The predicted molar refractivity (Wildman–Crippen MR) is 308 cm³/mol. The van der Waals surface area contributed by atoms with Gasteiger partial charge in [0.15, 0.2) is 5.57 Å². The molecule has 0 aromatic heterocycles. The molecule has 0 radical (unpaired) electrons. The number of hydrogen-bond donors (Lipinski definition) is 0. The van der Waals surface area contributed by atoms with E-state index in [1.165, 1.54) is 210 Å². The van der Waals surface area contributed by atoms with Crippen LogP contribution in [0.15, 0.2) is 120 Å². The van der Waals surface area contributed by atoms with E-state index in [1.54, 1.807) is 0 Å². The molecule has 3 heteroatoms. The monoisotopic (exact) mass is 1000 g/mol. The van der Waals surface area contributed by atoms with Crippen molar-refractivity contribution in [3.8, 4) is 11.8 Å². The summed E-state index contributed by atoms with van der Waals surface area (Å²) in [6.07, 6.45) is 41.5. The Balaban J connectivity index is 0.000000651. The van der Waals surface area contributed by atoms with E-state index in [4.69, 9.17) is 0 Å². The van der Waals surface area contributed by atoms with Crippen LogP contribution in [-0.4, -0.2) is 10.7 Å². The molecule has 0 N–H and O–H groups in total. The Labute approximate surface area is 443 Å².